The first-order valence-corrected chi connectivity index (χ1v) is 8.40. The van der Waals surface area contributed by atoms with Crippen LogP contribution in [0.5, 0.6) is 0 Å². The van der Waals surface area contributed by atoms with Gasteiger partial charge in [0.2, 0.25) is 5.91 Å². The van der Waals surface area contributed by atoms with E-state index in [4.69, 9.17) is 9.15 Å². The molecule has 1 N–H and O–H groups in total. The summed E-state index contributed by atoms with van der Waals surface area (Å²) < 4.78 is 11.2. The molecule has 1 aromatic rings. The van der Waals surface area contributed by atoms with Gasteiger partial charge >= 0.3 is 0 Å². The molecule has 1 fully saturated rings. The first-order valence-electron chi connectivity index (χ1n) is 8.40. The fraction of sp³-hybridized carbons (Fsp3) is 0.706. The topological polar surface area (TPSA) is 54.7 Å². The molecule has 2 rings (SSSR count). The van der Waals surface area contributed by atoms with E-state index in [0.29, 0.717) is 6.54 Å². The average Bonchev–Trinajstić information content (AvgIpc) is 3.22. The molecule has 0 bridgehead atoms. The van der Waals surface area contributed by atoms with Gasteiger partial charge in [-0.25, -0.2) is 0 Å². The lowest BCUT2D eigenvalue weighted by Crippen LogP contribution is -2.39. The smallest absolute Gasteiger partial charge is 0.246 e. The van der Waals surface area contributed by atoms with Crippen molar-refractivity contribution in [2.45, 2.75) is 51.7 Å². The van der Waals surface area contributed by atoms with Crippen LogP contribution in [-0.2, 0) is 9.53 Å². The minimum atomic E-state index is -0.0457. The molecule has 5 heteroatoms. The fourth-order valence-corrected chi connectivity index (χ4v) is 3.06. The summed E-state index contributed by atoms with van der Waals surface area (Å²) in [4.78, 5) is 14.3. The lowest BCUT2D eigenvalue weighted by Gasteiger charge is -2.28. The number of carbonyl (C=O) groups is 1. The van der Waals surface area contributed by atoms with E-state index in [1.54, 1.807) is 6.26 Å². The van der Waals surface area contributed by atoms with Crippen molar-refractivity contribution in [1.29, 1.82) is 0 Å². The van der Waals surface area contributed by atoms with Crippen molar-refractivity contribution in [3.8, 4) is 0 Å². The van der Waals surface area contributed by atoms with Crippen LogP contribution in [0.25, 0.3) is 0 Å². The van der Waals surface area contributed by atoms with Gasteiger partial charge in [-0.1, -0.05) is 26.7 Å². The van der Waals surface area contributed by atoms with Gasteiger partial charge in [0, 0.05) is 6.54 Å². The van der Waals surface area contributed by atoms with Crippen LogP contribution >= 0.6 is 0 Å². The molecule has 5 nitrogen and oxygen atoms in total. The maximum Gasteiger partial charge on any atom is 0.246 e. The number of nitrogens with zero attached hydrogens (tertiary/aromatic N) is 1. The Morgan fingerprint density at radius 2 is 2.14 bits per heavy atom. The Labute approximate surface area is 133 Å². The van der Waals surface area contributed by atoms with Gasteiger partial charge in [0.05, 0.1) is 18.4 Å². The zero-order chi connectivity index (χ0) is 15.8. The van der Waals surface area contributed by atoms with Crippen molar-refractivity contribution in [3.63, 3.8) is 0 Å². The highest BCUT2D eigenvalue weighted by Crippen LogP contribution is 2.21. The van der Waals surface area contributed by atoms with Gasteiger partial charge in [0.1, 0.15) is 12.4 Å². The molecule has 0 aromatic carbocycles. The third kappa shape index (κ3) is 4.85. The minimum Gasteiger partial charge on any atom is -0.468 e. The molecule has 1 amide bonds. The Hall–Kier alpha value is -1.33. The second kappa shape index (κ2) is 8.96. The first-order chi connectivity index (χ1) is 10.7. The number of likely N-dealkylation sites (N-methyl/N-ethyl adjacent to an activating group) is 1. The van der Waals surface area contributed by atoms with E-state index in [-0.39, 0.29) is 24.7 Å². The van der Waals surface area contributed by atoms with Gasteiger partial charge in [-0.2, -0.15) is 0 Å². The Kier molecular flexibility index (Phi) is 6.93. The molecule has 1 aromatic heterocycles. The van der Waals surface area contributed by atoms with Gasteiger partial charge < -0.3 is 14.5 Å². The van der Waals surface area contributed by atoms with Crippen LogP contribution < -0.4 is 5.32 Å². The van der Waals surface area contributed by atoms with Gasteiger partial charge in [-0.15, -0.1) is 0 Å². The summed E-state index contributed by atoms with van der Waals surface area (Å²) in [7, 11) is 0. The van der Waals surface area contributed by atoms with Crippen molar-refractivity contribution < 1.29 is 13.9 Å². The molecule has 124 valence electrons. The number of rotatable bonds is 9. The molecule has 0 radical (unpaired) electrons. The summed E-state index contributed by atoms with van der Waals surface area (Å²) in [6.07, 6.45) is 6.55. The van der Waals surface area contributed by atoms with Crippen molar-refractivity contribution in [2.75, 3.05) is 26.2 Å². The molecule has 1 aliphatic rings. The van der Waals surface area contributed by atoms with E-state index in [1.165, 1.54) is 12.8 Å². The molecule has 0 saturated heterocycles. The maximum atomic E-state index is 12.0. The maximum absolute atomic E-state index is 12.0. The van der Waals surface area contributed by atoms with Crippen molar-refractivity contribution in [1.82, 2.24) is 10.2 Å². The molecule has 0 spiro atoms. The summed E-state index contributed by atoms with van der Waals surface area (Å²) in [6, 6.07) is 3.92. The number of carbonyl (C=O) groups excluding carboxylic acids is 1. The SMILES string of the molecule is CCN(CC)[C@@H](CNC(=O)COC1CCCC1)c1ccco1. The molecule has 22 heavy (non-hydrogen) atoms. The van der Waals surface area contributed by atoms with E-state index < -0.39 is 0 Å². The second-order valence-electron chi connectivity index (χ2n) is 5.77. The average molecular weight is 308 g/mol. The van der Waals surface area contributed by atoms with Crippen LogP contribution in [0, 0.1) is 0 Å². The lowest BCUT2D eigenvalue weighted by molar-refractivity contribution is -0.127. The third-order valence-corrected chi connectivity index (χ3v) is 4.37. The monoisotopic (exact) mass is 308 g/mol. The normalized spacial score (nSPS) is 17.0. The van der Waals surface area contributed by atoms with Crippen LogP contribution in [-0.4, -0.2) is 43.2 Å². The van der Waals surface area contributed by atoms with E-state index in [2.05, 4.69) is 24.1 Å². The number of amides is 1. The quantitative estimate of drug-likeness (QED) is 0.762. The number of furan rings is 1. The van der Waals surface area contributed by atoms with Crippen LogP contribution in [0.1, 0.15) is 51.3 Å². The molecule has 1 aliphatic carbocycles. The Bertz CT molecular complexity index is 423. The largest absolute Gasteiger partial charge is 0.468 e. The second-order valence-corrected chi connectivity index (χ2v) is 5.77. The van der Waals surface area contributed by atoms with Crippen LogP contribution in [0.2, 0.25) is 0 Å². The van der Waals surface area contributed by atoms with Crippen LogP contribution in [0.15, 0.2) is 22.8 Å². The summed E-state index contributed by atoms with van der Waals surface area (Å²) in [6.45, 7) is 6.76. The molecular weight excluding hydrogens is 280 g/mol. The Morgan fingerprint density at radius 3 is 2.73 bits per heavy atom. The zero-order valence-electron chi connectivity index (χ0n) is 13.7. The van der Waals surface area contributed by atoms with Crippen LogP contribution in [0.3, 0.4) is 0 Å². The first kappa shape index (κ1) is 17.0. The highest BCUT2D eigenvalue weighted by atomic mass is 16.5. The van der Waals surface area contributed by atoms with Gasteiger partial charge in [0.15, 0.2) is 0 Å². The standard InChI is InChI=1S/C17H28N2O3/c1-3-19(4-2)15(16-10-7-11-21-16)12-18-17(20)13-22-14-8-5-6-9-14/h7,10-11,14-15H,3-6,8-9,12-13H2,1-2H3,(H,18,20)/t15-/m0/s1. The summed E-state index contributed by atoms with van der Waals surface area (Å²) >= 11 is 0. The number of hydrogen-bond donors (Lipinski definition) is 1. The van der Waals surface area contributed by atoms with Crippen molar-refractivity contribution in [2.24, 2.45) is 0 Å². The zero-order valence-corrected chi connectivity index (χ0v) is 13.7. The molecule has 0 unspecified atom stereocenters. The summed E-state index contributed by atoms with van der Waals surface area (Å²) in [5.74, 6) is 0.844. The van der Waals surface area contributed by atoms with Crippen LogP contribution in [0.4, 0.5) is 0 Å². The molecule has 0 aliphatic heterocycles. The van der Waals surface area contributed by atoms with E-state index >= 15 is 0 Å². The Morgan fingerprint density at radius 1 is 1.41 bits per heavy atom. The highest BCUT2D eigenvalue weighted by molar-refractivity contribution is 5.77. The Balaban J connectivity index is 1.81. The number of ether oxygens (including phenoxy) is 1. The van der Waals surface area contributed by atoms with Gasteiger partial charge in [0.25, 0.3) is 0 Å². The molecule has 1 atom stereocenters. The number of hydrogen-bond acceptors (Lipinski definition) is 4. The predicted molar refractivity (Wildman–Crippen MR) is 85.6 cm³/mol. The van der Waals surface area contributed by atoms with Gasteiger partial charge in [-0.3, -0.25) is 9.69 Å². The van der Waals surface area contributed by atoms with E-state index in [1.807, 2.05) is 12.1 Å². The van der Waals surface area contributed by atoms with Gasteiger partial charge in [-0.05, 0) is 38.1 Å². The number of nitrogens with one attached hydrogen (secondary N) is 1. The van der Waals surface area contributed by atoms with Crippen molar-refractivity contribution >= 4 is 5.91 Å². The summed E-state index contributed by atoms with van der Waals surface area (Å²) in [5.41, 5.74) is 0. The highest BCUT2D eigenvalue weighted by Gasteiger charge is 2.22. The minimum absolute atomic E-state index is 0.0457. The van der Waals surface area contributed by atoms with Crippen molar-refractivity contribution in [3.05, 3.63) is 24.2 Å². The fourth-order valence-electron chi connectivity index (χ4n) is 3.06. The van der Waals surface area contributed by atoms with E-state index in [0.717, 1.165) is 31.7 Å². The molecule has 1 heterocycles. The third-order valence-electron chi connectivity index (χ3n) is 4.37. The van der Waals surface area contributed by atoms with E-state index in [9.17, 15) is 4.79 Å². The summed E-state index contributed by atoms with van der Waals surface area (Å²) in [5, 5.41) is 2.98. The predicted octanol–water partition coefficient (Wildman–Crippen LogP) is 2.74. The molecular formula is C17H28N2O3. The molecule has 1 saturated carbocycles. The lowest BCUT2D eigenvalue weighted by atomic mass is 10.2.